The number of hydrogen-bond donors (Lipinski definition) is 0. The van der Waals surface area contributed by atoms with Crippen LogP contribution in [0.25, 0.3) is 22.3 Å². The van der Waals surface area contributed by atoms with Gasteiger partial charge in [0, 0.05) is 6.54 Å². The molecular weight excluding hydrogens is 586 g/mol. The lowest BCUT2D eigenvalue weighted by atomic mass is 9.72. The summed E-state index contributed by atoms with van der Waals surface area (Å²) in [5.41, 5.74) is 9.84. The number of halogens is 2. The van der Waals surface area contributed by atoms with Crippen LogP contribution in [0, 0.1) is 0 Å². The molecule has 6 rings (SSSR count). The van der Waals surface area contributed by atoms with E-state index in [1.807, 2.05) is 6.92 Å². The highest BCUT2D eigenvalue weighted by Gasteiger charge is 2.43. The van der Waals surface area contributed by atoms with Gasteiger partial charge in [-0.1, -0.05) is 6.92 Å². The van der Waals surface area contributed by atoms with Gasteiger partial charge in [0.1, 0.15) is 11.5 Å². The van der Waals surface area contributed by atoms with Crippen LogP contribution in [-0.4, -0.2) is 37.5 Å². The minimum absolute atomic E-state index is 0.150. The van der Waals surface area contributed by atoms with E-state index in [9.17, 15) is 9.59 Å². The summed E-state index contributed by atoms with van der Waals surface area (Å²) in [6.07, 6.45) is 3.74. The average Bonchev–Trinajstić information content (AvgIpc) is 3.12. The molecule has 3 aromatic carbocycles. The molecule has 0 saturated heterocycles. The molecule has 2 aliphatic carbocycles. The van der Waals surface area contributed by atoms with Crippen LogP contribution in [0.15, 0.2) is 33.2 Å². The SMILES string of the molecule is CCCN1C(=O)c2c3c(c4c(c2C1=O)CCc1cc(Br)c(OC)cc1-4)-c1cc(OC)c(Br)cc1CC3. The number of carbonyl (C=O) groups is 2. The van der Waals surface area contributed by atoms with E-state index < -0.39 is 0 Å². The first-order valence-electron chi connectivity index (χ1n) is 12.2. The predicted octanol–water partition coefficient (Wildman–Crippen LogP) is 6.77. The molecule has 1 aliphatic heterocycles. The van der Waals surface area contributed by atoms with Gasteiger partial charge in [0.15, 0.2) is 0 Å². The summed E-state index contributed by atoms with van der Waals surface area (Å²) in [5, 5.41) is 0. The number of imide groups is 1. The summed E-state index contributed by atoms with van der Waals surface area (Å²) in [5.74, 6) is 1.19. The topological polar surface area (TPSA) is 55.8 Å². The van der Waals surface area contributed by atoms with Crippen molar-refractivity contribution >= 4 is 43.7 Å². The number of carbonyl (C=O) groups excluding carboxylic acids is 2. The molecule has 0 spiro atoms. The molecule has 0 saturated carbocycles. The second-order valence-electron chi connectivity index (χ2n) is 9.51. The van der Waals surface area contributed by atoms with E-state index in [0.717, 1.165) is 73.1 Å². The van der Waals surface area contributed by atoms with Crippen molar-refractivity contribution in [2.24, 2.45) is 0 Å². The van der Waals surface area contributed by atoms with Crippen molar-refractivity contribution in [3.8, 4) is 33.8 Å². The van der Waals surface area contributed by atoms with Gasteiger partial charge in [-0.15, -0.1) is 0 Å². The van der Waals surface area contributed by atoms with E-state index in [1.54, 1.807) is 14.2 Å². The van der Waals surface area contributed by atoms with E-state index >= 15 is 0 Å². The third kappa shape index (κ3) is 3.25. The normalized spacial score (nSPS) is 15.2. The van der Waals surface area contributed by atoms with Gasteiger partial charge in [-0.3, -0.25) is 14.5 Å². The zero-order chi connectivity index (χ0) is 25.3. The molecule has 0 atom stereocenters. The van der Waals surface area contributed by atoms with Crippen molar-refractivity contribution in [2.45, 2.75) is 39.0 Å². The number of amides is 2. The maximum Gasteiger partial charge on any atom is 0.261 e. The summed E-state index contributed by atoms with van der Waals surface area (Å²) in [4.78, 5) is 28.8. The largest absolute Gasteiger partial charge is 0.496 e. The number of hydrogen-bond acceptors (Lipinski definition) is 4. The van der Waals surface area contributed by atoms with Crippen molar-refractivity contribution in [3.63, 3.8) is 0 Å². The predicted molar refractivity (Wildman–Crippen MR) is 146 cm³/mol. The second kappa shape index (κ2) is 8.73. The number of fused-ring (bicyclic) bond motifs is 10. The molecule has 3 aliphatic rings. The van der Waals surface area contributed by atoms with Gasteiger partial charge in [-0.25, -0.2) is 0 Å². The quantitative estimate of drug-likeness (QED) is 0.306. The van der Waals surface area contributed by atoms with E-state index in [4.69, 9.17) is 9.47 Å². The molecule has 0 N–H and O–H groups in total. The van der Waals surface area contributed by atoms with E-state index in [-0.39, 0.29) is 11.8 Å². The van der Waals surface area contributed by atoms with Crippen LogP contribution in [0.3, 0.4) is 0 Å². The van der Waals surface area contributed by atoms with Crippen LogP contribution in [0.1, 0.15) is 56.3 Å². The Labute approximate surface area is 227 Å². The molecule has 0 fully saturated rings. The summed E-state index contributed by atoms with van der Waals surface area (Å²) < 4.78 is 13.2. The molecule has 0 bridgehead atoms. The van der Waals surface area contributed by atoms with Gasteiger partial charge < -0.3 is 9.47 Å². The molecule has 184 valence electrons. The van der Waals surface area contributed by atoms with Crippen molar-refractivity contribution in [1.29, 1.82) is 0 Å². The lowest BCUT2D eigenvalue weighted by Crippen LogP contribution is -2.30. The number of nitrogens with zero attached hydrogens (tertiary/aromatic N) is 1. The summed E-state index contributed by atoms with van der Waals surface area (Å²) in [7, 11) is 3.33. The minimum Gasteiger partial charge on any atom is -0.496 e. The van der Waals surface area contributed by atoms with Gasteiger partial charge in [-0.05, 0) is 133 Å². The molecule has 3 aromatic rings. The van der Waals surface area contributed by atoms with Gasteiger partial charge >= 0.3 is 0 Å². The van der Waals surface area contributed by atoms with Gasteiger partial charge in [0.05, 0.1) is 34.3 Å². The van der Waals surface area contributed by atoms with Gasteiger partial charge in [0.2, 0.25) is 0 Å². The molecule has 7 heteroatoms. The lowest BCUT2D eigenvalue weighted by Gasteiger charge is -2.31. The Balaban J connectivity index is 1.75. The molecular formula is C29H25Br2NO4. The van der Waals surface area contributed by atoms with E-state index in [0.29, 0.717) is 30.5 Å². The summed E-state index contributed by atoms with van der Waals surface area (Å²) >= 11 is 7.29. The molecule has 0 radical (unpaired) electrons. The number of benzene rings is 3. The van der Waals surface area contributed by atoms with Crippen molar-refractivity contribution in [2.75, 3.05) is 20.8 Å². The first-order valence-corrected chi connectivity index (χ1v) is 13.8. The Kier molecular flexibility index (Phi) is 5.76. The highest BCUT2D eigenvalue weighted by Crippen LogP contribution is 2.52. The number of aryl methyl sites for hydroxylation is 2. The fourth-order valence-corrected chi connectivity index (χ4v) is 7.21. The van der Waals surface area contributed by atoms with Crippen LogP contribution < -0.4 is 9.47 Å². The highest BCUT2D eigenvalue weighted by atomic mass is 79.9. The zero-order valence-corrected chi connectivity index (χ0v) is 23.6. The van der Waals surface area contributed by atoms with E-state index in [2.05, 4.69) is 56.1 Å². The molecule has 0 unspecified atom stereocenters. The third-order valence-corrected chi connectivity index (χ3v) is 8.89. The molecule has 5 nitrogen and oxygen atoms in total. The standard InChI is InChI=1S/C29H25Br2NO4/c1-4-9-32-28(33)26-16-7-5-14-10-20(30)22(35-2)12-18(14)24(16)25-17(27(26)29(32)34)8-6-15-11-21(31)23(36-3)13-19(15)25/h10-13H,4-9H2,1-3H3. The van der Waals surface area contributed by atoms with Crippen LogP contribution in [0.5, 0.6) is 11.5 Å². The average molecular weight is 611 g/mol. The maximum absolute atomic E-state index is 13.7. The molecule has 0 aromatic heterocycles. The maximum atomic E-state index is 13.7. The smallest absolute Gasteiger partial charge is 0.261 e. The Morgan fingerprint density at radius 1 is 0.722 bits per heavy atom. The van der Waals surface area contributed by atoms with Gasteiger partial charge in [-0.2, -0.15) is 0 Å². The minimum atomic E-state index is -0.150. The highest BCUT2D eigenvalue weighted by molar-refractivity contribution is 9.10. The van der Waals surface area contributed by atoms with Crippen LogP contribution in [0.2, 0.25) is 0 Å². The number of ether oxygens (including phenoxy) is 2. The Bertz CT molecular complexity index is 1390. The molecule has 1 heterocycles. The zero-order valence-electron chi connectivity index (χ0n) is 20.4. The summed E-state index contributed by atoms with van der Waals surface area (Å²) in [6, 6.07) is 8.39. The fraction of sp³-hybridized carbons (Fsp3) is 0.310. The monoisotopic (exact) mass is 609 g/mol. The van der Waals surface area contributed by atoms with Crippen LogP contribution in [-0.2, 0) is 25.7 Å². The third-order valence-electron chi connectivity index (χ3n) is 7.65. The lowest BCUT2D eigenvalue weighted by molar-refractivity contribution is 0.0653. The van der Waals surface area contributed by atoms with Crippen molar-refractivity contribution < 1.29 is 19.1 Å². The number of methoxy groups -OCH3 is 2. The van der Waals surface area contributed by atoms with Crippen molar-refractivity contribution in [1.82, 2.24) is 4.90 Å². The van der Waals surface area contributed by atoms with Crippen LogP contribution in [0.4, 0.5) is 0 Å². The Morgan fingerprint density at radius 3 is 1.56 bits per heavy atom. The Hall–Kier alpha value is -2.64. The number of rotatable bonds is 4. The van der Waals surface area contributed by atoms with Gasteiger partial charge in [0.25, 0.3) is 11.8 Å². The van der Waals surface area contributed by atoms with E-state index in [1.165, 1.54) is 16.0 Å². The first-order chi connectivity index (χ1) is 17.4. The second-order valence-corrected chi connectivity index (χ2v) is 11.2. The van der Waals surface area contributed by atoms with Crippen LogP contribution >= 0.6 is 31.9 Å². The fourth-order valence-electron chi connectivity index (χ4n) is 6.11. The van der Waals surface area contributed by atoms with Crippen molar-refractivity contribution in [3.05, 3.63) is 66.6 Å². The molecule has 2 amide bonds. The Morgan fingerprint density at radius 2 is 1.17 bits per heavy atom. The molecule has 36 heavy (non-hydrogen) atoms. The summed E-state index contributed by atoms with van der Waals surface area (Å²) in [6.45, 7) is 2.43. The first kappa shape index (κ1) is 23.7.